The molecule has 0 unspecified atom stereocenters. The van der Waals surface area contributed by atoms with Gasteiger partial charge in [0, 0.05) is 6.20 Å². The molecule has 0 atom stereocenters. The summed E-state index contributed by atoms with van der Waals surface area (Å²) in [7, 11) is 1.64. The highest BCUT2D eigenvalue weighted by molar-refractivity contribution is 6.02. The van der Waals surface area contributed by atoms with Gasteiger partial charge in [-0.15, -0.1) is 0 Å². The summed E-state index contributed by atoms with van der Waals surface area (Å²) in [6.07, 6.45) is 3.37. The van der Waals surface area contributed by atoms with Crippen LogP contribution in [0, 0.1) is 0 Å². The second-order valence-corrected chi connectivity index (χ2v) is 7.80. The maximum Gasteiger partial charge on any atom is 0.291 e. The van der Waals surface area contributed by atoms with Gasteiger partial charge in [0.1, 0.15) is 23.9 Å². The zero-order valence-corrected chi connectivity index (χ0v) is 18.6. The SMILES string of the molecule is COc1cccc(Cn2cc(NC(=O)c3ccc(COc4ccc5ccccc5c4)o3)cn2)c1. The van der Waals surface area contributed by atoms with Crippen molar-refractivity contribution < 1.29 is 18.7 Å². The zero-order valence-electron chi connectivity index (χ0n) is 18.6. The van der Waals surface area contributed by atoms with Crippen LogP contribution in [0.5, 0.6) is 11.5 Å². The van der Waals surface area contributed by atoms with Crippen LogP contribution >= 0.6 is 0 Å². The lowest BCUT2D eigenvalue weighted by Gasteiger charge is -2.06. The first-order chi connectivity index (χ1) is 16.7. The molecule has 0 aliphatic heterocycles. The minimum atomic E-state index is -0.349. The summed E-state index contributed by atoms with van der Waals surface area (Å²) in [5.41, 5.74) is 1.63. The van der Waals surface area contributed by atoms with Crippen LogP contribution in [0.25, 0.3) is 10.8 Å². The number of ether oxygens (including phenoxy) is 2. The first-order valence-corrected chi connectivity index (χ1v) is 10.8. The summed E-state index contributed by atoms with van der Waals surface area (Å²) in [6.45, 7) is 0.786. The van der Waals surface area contributed by atoms with Crippen LogP contribution in [0.15, 0.2) is 95.7 Å². The monoisotopic (exact) mass is 453 g/mol. The van der Waals surface area contributed by atoms with E-state index in [0.717, 1.165) is 27.8 Å². The van der Waals surface area contributed by atoms with Gasteiger partial charge in [-0.25, -0.2) is 0 Å². The van der Waals surface area contributed by atoms with Crippen molar-refractivity contribution in [3.8, 4) is 11.5 Å². The third kappa shape index (κ3) is 4.94. The highest BCUT2D eigenvalue weighted by Crippen LogP contribution is 2.22. The number of furan rings is 1. The van der Waals surface area contributed by atoms with Crippen molar-refractivity contribution in [2.45, 2.75) is 13.2 Å². The Labute approximate surface area is 196 Å². The number of methoxy groups -OCH3 is 1. The van der Waals surface area contributed by atoms with E-state index in [4.69, 9.17) is 13.9 Å². The number of hydrogen-bond acceptors (Lipinski definition) is 5. The van der Waals surface area contributed by atoms with Gasteiger partial charge in [0.15, 0.2) is 5.76 Å². The molecular weight excluding hydrogens is 430 g/mol. The standard InChI is InChI=1S/C27H23N3O4/c1-32-23-8-4-5-19(13-23)16-30-17-22(15-28-30)29-27(31)26-12-11-25(34-26)18-33-24-10-9-20-6-2-3-7-21(20)14-24/h2-15,17H,16,18H2,1H3,(H,29,31). The largest absolute Gasteiger partial charge is 0.497 e. The number of amides is 1. The molecule has 3 aromatic carbocycles. The van der Waals surface area contributed by atoms with Crippen LogP contribution in [-0.4, -0.2) is 22.8 Å². The third-order valence-electron chi connectivity index (χ3n) is 5.36. The van der Waals surface area contributed by atoms with Gasteiger partial charge < -0.3 is 19.2 Å². The van der Waals surface area contributed by atoms with Crippen molar-refractivity contribution in [2.24, 2.45) is 0 Å². The lowest BCUT2D eigenvalue weighted by atomic mass is 10.1. The van der Waals surface area contributed by atoms with E-state index in [9.17, 15) is 4.79 Å². The molecule has 5 aromatic rings. The molecule has 0 saturated carbocycles. The number of nitrogens with one attached hydrogen (secondary N) is 1. The minimum absolute atomic E-state index is 0.206. The molecule has 2 heterocycles. The topological polar surface area (TPSA) is 78.5 Å². The lowest BCUT2D eigenvalue weighted by Crippen LogP contribution is -2.10. The average Bonchev–Trinajstić information content (AvgIpc) is 3.52. The molecule has 34 heavy (non-hydrogen) atoms. The molecule has 5 rings (SSSR count). The molecule has 0 aliphatic carbocycles. The molecule has 0 fully saturated rings. The third-order valence-corrected chi connectivity index (χ3v) is 5.36. The number of aromatic nitrogens is 2. The smallest absolute Gasteiger partial charge is 0.291 e. The Morgan fingerprint density at radius 2 is 1.85 bits per heavy atom. The fourth-order valence-electron chi connectivity index (χ4n) is 3.65. The fourth-order valence-corrected chi connectivity index (χ4v) is 3.65. The first-order valence-electron chi connectivity index (χ1n) is 10.8. The Morgan fingerprint density at radius 1 is 0.971 bits per heavy atom. The molecule has 2 aromatic heterocycles. The number of fused-ring (bicyclic) bond motifs is 1. The first kappa shape index (κ1) is 21.3. The van der Waals surface area contributed by atoms with Gasteiger partial charge in [0.05, 0.1) is 25.5 Å². The molecule has 1 amide bonds. The van der Waals surface area contributed by atoms with E-state index in [1.165, 1.54) is 0 Å². The quantitative estimate of drug-likeness (QED) is 0.335. The minimum Gasteiger partial charge on any atom is -0.497 e. The molecule has 0 saturated heterocycles. The van der Waals surface area contributed by atoms with Crippen molar-refractivity contribution in [1.82, 2.24) is 9.78 Å². The number of nitrogens with zero attached hydrogens (tertiary/aromatic N) is 2. The average molecular weight is 453 g/mol. The van der Waals surface area contributed by atoms with Gasteiger partial charge in [-0.2, -0.15) is 5.10 Å². The Morgan fingerprint density at radius 3 is 2.74 bits per heavy atom. The molecule has 0 bridgehead atoms. The van der Waals surface area contributed by atoms with Gasteiger partial charge in [-0.3, -0.25) is 9.48 Å². The number of carbonyl (C=O) groups excluding carboxylic acids is 1. The van der Waals surface area contributed by atoms with E-state index in [1.54, 1.807) is 36.3 Å². The highest BCUT2D eigenvalue weighted by Gasteiger charge is 2.13. The molecule has 0 radical (unpaired) electrons. The lowest BCUT2D eigenvalue weighted by molar-refractivity contribution is 0.0992. The van der Waals surface area contributed by atoms with Crippen LogP contribution in [-0.2, 0) is 13.2 Å². The van der Waals surface area contributed by atoms with E-state index in [0.29, 0.717) is 18.0 Å². The second-order valence-electron chi connectivity index (χ2n) is 7.80. The summed E-state index contributed by atoms with van der Waals surface area (Å²) in [5.74, 6) is 1.95. The molecule has 7 nitrogen and oxygen atoms in total. The van der Waals surface area contributed by atoms with Crippen molar-refractivity contribution >= 4 is 22.4 Å². The van der Waals surface area contributed by atoms with E-state index < -0.39 is 0 Å². The van der Waals surface area contributed by atoms with Crippen molar-refractivity contribution in [2.75, 3.05) is 12.4 Å². The number of carbonyl (C=O) groups is 1. The van der Waals surface area contributed by atoms with Gasteiger partial charge in [0.25, 0.3) is 5.91 Å². The van der Waals surface area contributed by atoms with E-state index in [-0.39, 0.29) is 18.3 Å². The van der Waals surface area contributed by atoms with Crippen molar-refractivity contribution in [1.29, 1.82) is 0 Å². The van der Waals surface area contributed by atoms with Gasteiger partial charge in [-0.05, 0) is 52.7 Å². The van der Waals surface area contributed by atoms with Crippen LogP contribution in [0.3, 0.4) is 0 Å². The van der Waals surface area contributed by atoms with Crippen LogP contribution in [0.1, 0.15) is 21.9 Å². The number of hydrogen-bond donors (Lipinski definition) is 1. The summed E-state index contributed by atoms with van der Waals surface area (Å²) < 4.78 is 18.5. The molecule has 0 aliphatic rings. The fraction of sp³-hybridized carbons (Fsp3) is 0.111. The second kappa shape index (κ2) is 9.54. The Balaban J connectivity index is 1.18. The van der Waals surface area contributed by atoms with Crippen LogP contribution in [0.4, 0.5) is 5.69 Å². The Hall–Kier alpha value is -4.52. The molecular formula is C27H23N3O4. The van der Waals surface area contributed by atoms with Gasteiger partial charge >= 0.3 is 0 Å². The van der Waals surface area contributed by atoms with E-state index in [2.05, 4.69) is 16.5 Å². The van der Waals surface area contributed by atoms with Crippen molar-refractivity contribution in [3.63, 3.8) is 0 Å². The summed E-state index contributed by atoms with van der Waals surface area (Å²) in [6, 6.07) is 25.1. The summed E-state index contributed by atoms with van der Waals surface area (Å²) in [5, 5.41) is 9.38. The normalized spacial score (nSPS) is 10.9. The Kier molecular flexibility index (Phi) is 5.99. The van der Waals surface area contributed by atoms with Gasteiger partial charge in [0.2, 0.25) is 0 Å². The molecule has 7 heteroatoms. The van der Waals surface area contributed by atoms with Crippen LogP contribution in [0.2, 0.25) is 0 Å². The number of benzene rings is 3. The maximum atomic E-state index is 12.6. The zero-order chi connectivity index (χ0) is 23.3. The Bertz CT molecular complexity index is 1440. The summed E-state index contributed by atoms with van der Waals surface area (Å²) in [4.78, 5) is 12.6. The van der Waals surface area contributed by atoms with Crippen LogP contribution < -0.4 is 14.8 Å². The molecule has 0 spiro atoms. The maximum absolute atomic E-state index is 12.6. The van der Waals surface area contributed by atoms with Crippen molar-refractivity contribution in [3.05, 3.63) is 108 Å². The predicted octanol–water partition coefficient (Wildman–Crippen LogP) is 5.52. The van der Waals surface area contributed by atoms with Gasteiger partial charge in [-0.1, -0.05) is 42.5 Å². The number of anilines is 1. The predicted molar refractivity (Wildman–Crippen MR) is 129 cm³/mol. The summed E-state index contributed by atoms with van der Waals surface area (Å²) >= 11 is 0. The molecule has 1 N–H and O–H groups in total. The van der Waals surface area contributed by atoms with E-state index >= 15 is 0 Å². The highest BCUT2D eigenvalue weighted by atomic mass is 16.5. The van der Waals surface area contributed by atoms with E-state index in [1.807, 2.05) is 60.7 Å². The molecule has 170 valence electrons. The number of rotatable bonds is 8.